The zero-order valence-corrected chi connectivity index (χ0v) is 8.59. The van der Waals surface area contributed by atoms with Gasteiger partial charge in [0, 0.05) is 12.3 Å². The number of hydrogen-bond acceptors (Lipinski definition) is 1. The minimum Gasteiger partial charge on any atom is -0.299 e. The molecule has 0 aromatic carbocycles. The smallest absolute Gasteiger partial charge is 0.136 e. The Morgan fingerprint density at radius 1 is 1.62 bits per heavy atom. The minimum atomic E-state index is 0.294. The fourth-order valence-electron chi connectivity index (χ4n) is 2.30. The highest BCUT2D eigenvalue weighted by atomic mass is 16.1. The number of carbonyl (C=O) groups is 1. The van der Waals surface area contributed by atoms with E-state index >= 15 is 0 Å². The molecule has 1 heteroatoms. The molecule has 1 saturated carbocycles. The van der Waals surface area contributed by atoms with E-state index in [9.17, 15) is 4.79 Å². The Morgan fingerprint density at radius 2 is 2.38 bits per heavy atom. The maximum atomic E-state index is 11.5. The number of hydrogen-bond donors (Lipinski definition) is 0. The summed E-state index contributed by atoms with van der Waals surface area (Å²) in [4.78, 5) is 11.5. The zero-order valence-electron chi connectivity index (χ0n) is 8.59. The van der Waals surface area contributed by atoms with E-state index in [0.29, 0.717) is 11.7 Å². The number of ketones is 1. The maximum Gasteiger partial charge on any atom is 0.136 e. The van der Waals surface area contributed by atoms with Crippen LogP contribution in [0.25, 0.3) is 0 Å². The first kappa shape index (κ1) is 10.5. The van der Waals surface area contributed by atoms with Gasteiger partial charge in [0.2, 0.25) is 0 Å². The van der Waals surface area contributed by atoms with Crippen molar-refractivity contribution >= 4 is 5.78 Å². The first-order chi connectivity index (χ1) is 6.27. The molecular formula is C12H20O. The van der Waals surface area contributed by atoms with Gasteiger partial charge < -0.3 is 0 Å². The second-order valence-corrected chi connectivity index (χ2v) is 4.12. The summed E-state index contributed by atoms with van der Waals surface area (Å²) in [6, 6.07) is 0. The van der Waals surface area contributed by atoms with Crippen molar-refractivity contribution in [1.82, 2.24) is 0 Å². The van der Waals surface area contributed by atoms with E-state index in [0.717, 1.165) is 31.6 Å². The van der Waals surface area contributed by atoms with Gasteiger partial charge in [0.1, 0.15) is 5.78 Å². The molecule has 13 heavy (non-hydrogen) atoms. The average Bonchev–Trinajstić information content (AvgIpc) is 2.12. The normalized spacial score (nSPS) is 28.8. The van der Waals surface area contributed by atoms with Crippen LogP contribution in [0, 0.1) is 11.8 Å². The van der Waals surface area contributed by atoms with Crippen LogP contribution < -0.4 is 0 Å². The van der Waals surface area contributed by atoms with Gasteiger partial charge in [0.25, 0.3) is 0 Å². The van der Waals surface area contributed by atoms with Crippen LogP contribution in [0.15, 0.2) is 12.7 Å². The van der Waals surface area contributed by atoms with Crippen LogP contribution in [-0.4, -0.2) is 5.78 Å². The molecule has 0 aliphatic heterocycles. The molecule has 0 amide bonds. The summed E-state index contributed by atoms with van der Waals surface area (Å²) < 4.78 is 0. The van der Waals surface area contributed by atoms with Crippen LogP contribution in [-0.2, 0) is 4.79 Å². The Kier molecular flexibility index (Phi) is 4.20. The fourth-order valence-corrected chi connectivity index (χ4v) is 2.30. The molecule has 0 saturated heterocycles. The predicted octanol–water partition coefficient (Wildman–Crippen LogP) is 3.35. The molecule has 74 valence electrons. The second kappa shape index (κ2) is 5.21. The standard InChI is InChI=1S/C12H20O/c1-3-5-10-7-8-12(13)11(9-10)6-4-2/h4,10-11H,2-3,5-9H2,1H3. The molecule has 0 aromatic rings. The molecule has 1 rings (SSSR count). The summed E-state index contributed by atoms with van der Waals surface area (Å²) in [5, 5.41) is 0. The van der Waals surface area contributed by atoms with E-state index in [2.05, 4.69) is 13.5 Å². The lowest BCUT2D eigenvalue weighted by atomic mass is 9.77. The van der Waals surface area contributed by atoms with E-state index in [4.69, 9.17) is 0 Å². The molecule has 1 fully saturated rings. The SMILES string of the molecule is C=CCC1CC(CCC)CCC1=O. The van der Waals surface area contributed by atoms with Crippen molar-refractivity contribution in [3.63, 3.8) is 0 Å². The monoisotopic (exact) mass is 180 g/mol. The highest BCUT2D eigenvalue weighted by molar-refractivity contribution is 5.81. The summed E-state index contributed by atoms with van der Waals surface area (Å²) in [7, 11) is 0. The summed E-state index contributed by atoms with van der Waals surface area (Å²) in [5.74, 6) is 1.56. The number of Topliss-reactive ketones (excluding diaryl/α,β-unsaturated/α-hetero) is 1. The maximum absolute atomic E-state index is 11.5. The van der Waals surface area contributed by atoms with Crippen molar-refractivity contribution < 1.29 is 4.79 Å². The van der Waals surface area contributed by atoms with Gasteiger partial charge in [-0.1, -0.05) is 25.8 Å². The molecule has 2 unspecified atom stereocenters. The molecule has 0 bridgehead atoms. The Labute approximate surface area is 81.2 Å². The van der Waals surface area contributed by atoms with Gasteiger partial charge in [-0.05, 0) is 25.2 Å². The molecule has 1 nitrogen and oxygen atoms in total. The van der Waals surface area contributed by atoms with Crippen molar-refractivity contribution in [2.75, 3.05) is 0 Å². The van der Waals surface area contributed by atoms with Crippen molar-refractivity contribution in [1.29, 1.82) is 0 Å². The third-order valence-corrected chi connectivity index (χ3v) is 3.02. The van der Waals surface area contributed by atoms with Crippen LogP contribution in [0.4, 0.5) is 0 Å². The summed E-state index contributed by atoms with van der Waals surface area (Å²) in [6.45, 7) is 5.93. The minimum absolute atomic E-state index is 0.294. The van der Waals surface area contributed by atoms with E-state index in [1.165, 1.54) is 12.8 Å². The van der Waals surface area contributed by atoms with Gasteiger partial charge in [-0.3, -0.25) is 4.79 Å². The van der Waals surface area contributed by atoms with Crippen molar-refractivity contribution in [3.8, 4) is 0 Å². The summed E-state index contributed by atoms with van der Waals surface area (Å²) >= 11 is 0. The highest BCUT2D eigenvalue weighted by Crippen LogP contribution is 2.31. The molecule has 0 radical (unpaired) electrons. The quantitative estimate of drug-likeness (QED) is 0.606. The van der Waals surface area contributed by atoms with Crippen molar-refractivity contribution in [2.24, 2.45) is 11.8 Å². The van der Waals surface area contributed by atoms with Crippen LogP contribution in [0.5, 0.6) is 0 Å². The van der Waals surface area contributed by atoms with Crippen LogP contribution >= 0.6 is 0 Å². The van der Waals surface area contributed by atoms with E-state index in [1.807, 2.05) is 6.08 Å². The van der Waals surface area contributed by atoms with Crippen molar-refractivity contribution in [2.45, 2.75) is 45.4 Å². The van der Waals surface area contributed by atoms with Gasteiger partial charge in [-0.15, -0.1) is 6.58 Å². The Hall–Kier alpha value is -0.590. The second-order valence-electron chi connectivity index (χ2n) is 4.12. The summed E-state index contributed by atoms with van der Waals surface area (Å²) in [6.07, 6.45) is 8.36. The van der Waals surface area contributed by atoms with Crippen LogP contribution in [0.2, 0.25) is 0 Å². The van der Waals surface area contributed by atoms with Gasteiger partial charge >= 0.3 is 0 Å². The molecular weight excluding hydrogens is 160 g/mol. The predicted molar refractivity (Wildman–Crippen MR) is 55.6 cm³/mol. The molecule has 1 aliphatic rings. The topological polar surface area (TPSA) is 17.1 Å². The molecule has 0 aromatic heterocycles. The van der Waals surface area contributed by atoms with Gasteiger partial charge in [0.15, 0.2) is 0 Å². The number of carbonyl (C=O) groups excluding carboxylic acids is 1. The van der Waals surface area contributed by atoms with Gasteiger partial charge in [0.05, 0.1) is 0 Å². The highest BCUT2D eigenvalue weighted by Gasteiger charge is 2.26. The van der Waals surface area contributed by atoms with E-state index < -0.39 is 0 Å². The van der Waals surface area contributed by atoms with Crippen LogP contribution in [0.1, 0.15) is 45.4 Å². The fraction of sp³-hybridized carbons (Fsp3) is 0.750. The molecule has 0 N–H and O–H groups in total. The lowest BCUT2D eigenvalue weighted by molar-refractivity contribution is -0.125. The Bertz CT molecular complexity index is 184. The number of rotatable bonds is 4. The average molecular weight is 180 g/mol. The van der Waals surface area contributed by atoms with E-state index in [-0.39, 0.29) is 0 Å². The number of allylic oxidation sites excluding steroid dienone is 1. The van der Waals surface area contributed by atoms with Crippen LogP contribution in [0.3, 0.4) is 0 Å². The van der Waals surface area contributed by atoms with Gasteiger partial charge in [-0.2, -0.15) is 0 Å². The van der Waals surface area contributed by atoms with Crippen molar-refractivity contribution in [3.05, 3.63) is 12.7 Å². The zero-order chi connectivity index (χ0) is 9.68. The molecule has 0 spiro atoms. The third-order valence-electron chi connectivity index (χ3n) is 3.02. The summed E-state index contributed by atoms with van der Waals surface area (Å²) in [5.41, 5.74) is 0. The Morgan fingerprint density at radius 3 is 3.00 bits per heavy atom. The first-order valence-corrected chi connectivity index (χ1v) is 5.41. The largest absolute Gasteiger partial charge is 0.299 e. The van der Waals surface area contributed by atoms with E-state index in [1.54, 1.807) is 0 Å². The lowest BCUT2D eigenvalue weighted by Crippen LogP contribution is -2.24. The Balaban J connectivity index is 2.42. The molecule has 2 atom stereocenters. The lowest BCUT2D eigenvalue weighted by Gasteiger charge is -2.27. The molecule has 1 aliphatic carbocycles. The third kappa shape index (κ3) is 2.98. The molecule has 0 heterocycles. The first-order valence-electron chi connectivity index (χ1n) is 5.41. The van der Waals surface area contributed by atoms with Gasteiger partial charge in [-0.25, -0.2) is 0 Å².